The molecule has 2 rings (SSSR count). The molecule has 15 heavy (non-hydrogen) atoms. The first-order valence-electron chi connectivity index (χ1n) is 5.34. The number of nitrogens with zero attached hydrogens (tertiary/aromatic N) is 3. The van der Waals surface area contributed by atoms with E-state index in [0.717, 1.165) is 32.7 Å². The summed E-state index contributed by atoms with van der Waals surface area (Å²) in [5.74, 6) is 0.0934. The molecule has 5 heteroatoms. The van der Waals surface area contributed by atoms with Crippen molar-refractivity contribution < 1.29 is 4.79 Å². The average Bonchev–Trinajstić information content (AvgIpc) is 2.77. The maximum atomic E-state index is 12.1. The third kappa shape index (κ3) is 2.02. The van der Waals surface area contributed by atoms with E-state index in [1.807, 2.05) is 11.8 Å². The van der Waals surface area contributed by atoms with E-state index in [1.54, 1.807) is 16.9 Å². The Kier molecular flexibility index (Phi) is 3.01. The van der Waals surface area contributed by atoms with Crippen molar-refractivity contribution in [2.45, 2.75) is 13.5 Å². The Labute approximate surface area is 89.1 Å². The van der Waals surface area contributed by atoms with E-state index >= 15 is 0 Å². The molecule has 1 fully saturated rings. The minimum atomic E-state index is 0.0934. The van der Waals surface area contributed by atoms with Crippen LogP contribution in [0.2, 0.25) is 0 Å². The molecule has 1 aliphatic heterocycles. The summed E-state index contributed by atoms with van der Waals surface area (Å²) in [5.41, 5.74) is 0.694. The van der Waals surface area contributed by atoms with Gasteiger partial charge in [0.1, 0.15) is 5.69 Å². The molecule has 0 bridgehead atoms. The fraction of sp³-hybridized carbons (Fsp3) is 0.600. The van der Waals surface area contributed by atoms with Crippen LogP contribution in [-0.4, -0.2) is 46.8 Å². The molecule has 1 aliphatic rings. The highest BCUT2D eigenvalue weighted by Crippen LogP contribution is 2.05. The maximum Gasteiger partial charge on any atom is 0.272 e. The molecular weight excluding hydrogens is 192 g/mol. The third-order valence-electron chi connectivity index (χ3n) is 2.64. The van der Waals surface area contributed by atoms with Crippen LogP contribution >= 0.6 is 0 Å². The highest BCUT2D eigenvalue weighted by Gasteiger charge is 2.20. The fourth-order valence-electron chi connectivity index (χ4n) is 1.80. The topological polar surface area (TPSA) is 50.2 Å². The molecule has 0 saturated carbocycles. The van der Waals surface area contributed by atoms with Crippen LogP contribution in [0.4, 0.5) is 0 Å². The molecule has 0 unspecified atom stereocenters. The van der Waals surface area contributed by atoms with Crippen LogP contribution in [0, 0.1) is 0 Å². The van der Waals surface area contributed by atoms with E-state index in [1.165, 1.54) is 0 Å². The number of carbonyl (C=O) groups excluding carboxylic acids is 1. The summed E-state index contributed by atoms with van der Waals surface area (Å²) in [6, 6.07) is 1.79. The van der Waals surface area contributed by atoms with Crippen molar-refractivity contribution in [3.8, 4) is 0 Å². The van der Waals surface area contributed by atoms with Gasteiger partial charge in [-0.1, -0.05) is 0 Å². The van der Waals surface area contributed by atoms with Crippen LogP contribution in [0.1, 0.15) is 17.4 Å². The molecule has 2 heterocycles. The maximum absolute atomic E-state index is 12.1. The van der Waals surface area contributed by atoms with Gasteiger partial charge in [0.2, 0.25) is 0 Å². The number of carbonyl (C=O) groups is 1. The molecule has 0 spiro atoms. The standard InChI is InChI=1S/C10H16N4O/c1-2-14-9(3-4-12-14)10(15)13-7-5-11-6-8-13/h3-4,11H,2,5-8H2,1H3. The number of aryl methyl sites for hydroxylation is 1. The minimum absolute atomic E-state index is 0.0934. The van der Waals surface area contributed by atoms with Gasteiger partial charge in [0, 0.05) is 38.9 Å². The van der Waals surface area contributed by atoms with E-state index in [9.17, 15) is 4.79 Å². The Morgan fingerprint density at radius 2 is 2.27 bits per heavy atom. The molecule has 1 amide bonds. The van der Waals surface area contributed by atoms with Crippen molar-refractivity contribution in [2.75, 3.05) is 26.2 Å². The number of amides is 1. The Hall–Kier alpha value is -1.36. The first-order chi connectivity index (χ1) is 7.33. The third-order valence-corrected chi connectivity index (χ3v) is 2.64. The number of nitrogens with one attached hydrogen (secondary N) is 1. The largest absolute Gasteiger partial charge is 0.335 e. The molecule has 0 aliphatic carbocycles. The van der Waals surface area contributed by atoms with Crippen molar-refractivity contribution in [1.82, 2.24) is 20.0 Å². The fourth-order valence-corrected chi connectivity index (χ4v) is 1.80. The Morgan fingerprint density at radius 3 is 2.93 bits per heavy atom. The predicted octanol–water partition coefficient (Wildman–Crippen LogP) is -0.0516. The number of hydrogen-bond acceptors (Lipinski definition) is 3. The summed E-state index contributed by atoms with van der Waals surface area (Å²) >= 11 is 0. The van der Waals surface area contributed by atoms with Crippen LogP contribution in [0.3, 0.4) is 0 Å². The second kappa shape index (κ2) is 4.44. The summed E-state index contributed by atoms with van der Waals surface area (Å²) in [6.45, 7) is 6.06. The second-order valence-corrected chi connectivity index (χ2v) is 3.57. The summed E-state index contributed by atoms with van der Waals surface area (Å²) in [5, 5.41) is 7.33. The van der Waals surface area contributed by atoms with Crippen LogP contribution in [0.5, 0.6) is 0 Å². The molecule has 1 aromatic rings. The first kappa shape index (κ1) is 10.2. The molecular formula is C10H16N4O. The highest BCUT2D eigenvalue weighted by molar-refractivity contribution is 5.92. The lowest BCUT2D eigenvalue weighted by atomic mass is 10.3. The molecule has 1 aromatic heterocycles. The van der Waals surface area contributed by atoms with Crippen molar-refractivity contribution in [2.24, 2.45) is 0 Å². The van der Waals surface area contributed by atoms with E-state index in [2.05, 4.69) is 10.4 Å². The SMILES string of the molecule is CCn1nccc1C(=O)N1CCNCC1. The number of piperazine rings is 1. The van der Waals surface area contributed by atoms with Gasteiger partial charge in [-0.3, -0.25) is 9.48 Å². The normalized spacial score (nSPS) is 16.7. The molecule has 1 N–H and O–H groups in total. The van der Waals surface area contributed by atoms with Gasteiger partial charge >= 0.3 is 0 Å². The van der Waals surface area contributed by atoms with Gasteiger partial charge in [-0.2, -0.15) is 5.10 Å². The molecule has 0 radical (unpaired) electrons. The summed E-state index contributed by atoms with van der Waals surface area (Å²) in [7, 11) is 0. The lowest BCUT2D eigenvalue weighted by molar-refractivity contribution is 0.0723. The second-order valence-electron chi connectivity index (χ2n) is 3.57. The summed E-state index contributed by atoms with van der Waals surface area (Å²) in [6.07, 6.45) is 1.68. The summed E-state index contributed by atoms with van der Waals surface area (Å²) < 4.78 is 1.74. The lowest BCUT2D eigenvalue weighted by Gasteiger charge is -2.27. The number of aromatic nitrogens is 2. The van der Waals surface area contributed by atoms with Crippen LogP contribution < -0.4 is 5.32 Å². The first-order valence-corrected chi connectivity index (χ1v) is 5.34. The van der Waals surface area contributed by atoms with E-state index in [0.29, 0.717) is 5.69 Å². The van der Waals surface area contributed by atoms with Crippen LogP contribution in [0.25, 0.3) is 0 Å². The average molecular weight is 208 g/mol. The molecule has 82 valence electrons. The highest BCUT2D eigenvalue weighted by atomic mass is 16.2. The zero-order valence-electron chi connectivity index (χ0n) is 8.94. The van der Waals surface area contributed by atoms with Gasteiger partial charge in [-0.15, -0.1) is 0 Å². The van der Waals surface area contributed by atoms with Gasteiger partial charge in [0.15, 0.2) is 0 Å². The van der Waals surface area contributed by atoms with Crippen molar-refractivity contribution in [1.29, 1.82) is 0 Å². The number of rotatable bonds is 2. The van der Waals surface area contributed by atoms with Crippen LogP contribution in [0.15, 0.2) is 12.3 Å². The molecule has 5 nitrogen and oxygen atoms in total. The Morgan fingerprint density at radius 1 is 1.53 bits per heavy atom. The molecule has 1 saturated heterocycles. The Bertz CT molecular complexity index is 341. The van der Waals surface area contributed by atoms with Gasteiger partial charge in [-0.05, 0) is 13.0 Å². The lowest BCUT2D eigenvalue weighted by Crippen LogP contribution is -2.46. The predicted molar refractivity (Wildman–Crippen MR) is 56.7 cm³/mol. The number of hydrogen-bond donors (Lipinski definition) is 1. The van der Waals surface area contributed by atoms with Gasteiger partial charge in [0.25, 0.3) is 5.91 Å². The van der Waals surface area contributed by atoms with E-state index < -0.39 is 0 Å². The van der Waals surface area contributed by atoms with E-state index in [4.69, 9.17) is 0 Å². The van der Waals surface area contributed by atoms with Gasteiger partial charge in [-0.25, -0.2) is 0 Å². The van der Waals surface area contributed by atoms with Crippen molar-refractivity contribution in [3.63, 3.8) is 0 Å². The van der Waals surface area contributed by atoms with Gasteiger partial charge < -0.3 is 10.2 Å². The minimum Gasteiger partial charge on any atom is -0.335 e. The quantitative estimate of drug-likeness (QED) is 0.741. The zero-order valence-corrected chi connectivity index (χ0v) is 8.94. The van der Waals surface area contributed by atoms with E-state index in [-0.39, 0.29) is 5.91 Å². The summed E-state index contributed by atoms with van der Waals surface area (Å²) in [4.78, 5) is 14.0. The smallest absolute Gasteiger partial charge is 0.272 e. The Balaban J connectivity index is 2.12. The monoisotopic (exact) mass is 208 g/mol. The molecule has 0 atom stereocenters. The van der Waals surface area contributed by atoms with Crippen LogP contribution in [-0.2, 0) is 6.54 Å². The van der Waals surface area contributed by atoms with Crippen molar-refractivity contribution >= 4 is 5.91 Å². The zero-order chi connectivity index (χ0) is 10.7. The molecule has 0 aromatic carbocycles. The van der Waals surface area contributed by atoms with Crippen molar-refractivity contribution in [3.05, 3.63) is 18.0 Å². The van der Waals surface area contributed by atoms with Gasteiger partial charge in [0.05, 0.1) is 0 Å².